The monoisotopic (exact) mass is 386 g/mol. The largest absolute Gasteiger partial charge is 0.493 e. The number of hydrogen-bond donors (Lipinski definition) is 0. The molecule has 0 aliphatic carbocycles. The maximum absolute atomic E-state index is 13.3. The van der Waals surface area contributed by atoms with Gasteiger partial charge in [0.15, 0.2) is 11.5 Å². The molecular formula is C24H22N2O3. The Labute approximate surface area is 170 Å². The van der Waals surface area contributed by atoms with E-state index in [9.17, 15) is 4.79 Å². The van der Waals surface area contributed by atoms with Crippen molar-refractivity contribution < 1.29 is 14.3 Å². The van der Waals surface area contributed by atoms with Crippen molar-refractivity contribution in [1.29, 1.82) is 0 Å². The van der Waals surface area contributed by atoms with Crippen LogP contribution in [0.15, 0.2) is 71.7 Å². The molecule has 1 heterocycles. The number of para-hydroxylation sites is 1. The number of carbonyl (C=O) groups is 1. The van der Waals surface area contributed by atoms with E-state index in [1.54, 1.807) is 24.1 Å². The van der Waals surface area contributed by atoms with Crippen LogP contribution in [0.5, 0.6) is 11.5 Å². The van der Waals surface area contributed by atoms with Crippen LogP contribution in [0.2, 0.25) is 0 Å². The van der Waals surface area contributed by atoms with Crippen molar-refractivity contribution >= 4 is 24.0 Å². The fourth-order valence-electron chi connectivity index (χ4n) is 3.55. The van der Waals surface area contributed by atoms with Crippen molar-refractivity contribution in [3.8, 4) is 11.5 Å². The van der Waals surface area contributed by atoms with E-state index in [1.807, 2.05) is 48.5 Å². The summed E-state index contributed by atoms with van der Waals surface area (Å²) in [5, 5.41) is 0. The van der Waals surface area contributed by atoms with Gasteiger partial charge in [-0.15, -0.1) is 0 Å². The van der Waals surface area contributed by atoms with Crippen LogP contribution in [0.25, 0.3) is 0 Å². The molecule has 29 heavy (non-hydrogen) atoms. The number of anilines is 1. The molecule has 0 saturated carbocycles. The minimum absolute atomic E-state index is 0.120. The summed E-state index contributed by atoms with van der Waals surface area (Å²) in [5.74, 6) is 0.895. The summed E-state index contributed by atoms with van der Waals surface area (Å²) < 4.78 is 11.4. The third-order valence-electron chi connectivity index (χ3n) is 5.05. The van der Waals surface area contributed by atoms with Gasteiger partial charge < -0.3 is 14.4 Å². The minimum Gasteiger partial charge on any atom is -0.493 e. The van der Waals surface area contributed by atoms with Gasteiger partial charge in [0.1, 0.15) is 6.61 Å². The molecule has 0 unspecified atom stereocenters. The van der Waals surface area contributed by atoms with Gasteiger partial charge in [0.05, 0.1) is 18.4 Å². The number of carbonyl (C=O) groups excluding carboxylic acids is 1. The highest BCUT2D eigenvalue weighted by molar-refractivity contribution is 6.10. The molecule has 0 N–H and O–H groups in total. The summed E-state index contributed by atoms with van der Waals surface area (Å²) in [6.07, 6.45) is 0.841. The standard InChI is InChI=1S/C24H22N2O3/c1-25-20-15-23(29-16-17-8-4-3-5-9-17)22(28-2)14-19(20)24(27)26-13-12-18-10-6-7-11-21(18)26/h3-11,14-15H,1,12-13,16H2,2H3. The van der Waals surface area contributed by atoms with E-state index in [0.29, 0.717) is 35.9 Å². The fraction of sp³-hybridized carbons (Fsp3) is 0.167. The number of ether oxygens (including phenoxy) is 2. The number of hydrogen-bond acceptors (Lipinski definition) is 4. The van der Waals surface area contributed by atoms with Crippen LogP contribution in [0.3, 0.4) is 0 Å². The Kier molecular flexibility index (Phi) is 5.29. The normalized spacial score (nSPS) is 12.4. The Morgan fingerprint density at radius 2 is 1.83 bits per heavy atom. The Hall–Kier alpha value is -3.60. The first-order valence-corrected chi connectivity index (χ1v) is 9.46. The van der Waals surface area contributed by atoms with Crippen LogP contribution in [0.4, 0.5) is 11.4 Å². The van der Waals surface area contributed by atoms with Crippen LogP contribution < -0.4 is 14.4 Å². The average molecular weight is 386 g/mol. The molecule has 3 aromatic carbocycles. The van der Waals surface area contributed by atoms with Crippen LogP contribution in [-0.4, -0.2) is 26.3 Å². The van der Waals surface area contributed by atoms with E-state index < -0.39 is 0 Å². The highest BCUT2D eigenvalue weighted by Gasteiger charge is 2.28. The molecule has 0 saturated heterocycles. The van der Waals surface area contributed by atoms with E-state index in [2.05, 4.69) is 17.8 Å². The number of benzene rings is 3. The molecule has 5 heteroatoms. The molecule has 1 aliphatic heterocycles. The molecule has 0 fully saturated rings. The van der Waals surface area contributed by atoms with Gasteiger partial charge >= 0.3 is 0 Å². The highest BCUT2D eigenvalue weighted by atomic mass is 16.5. The number of nitrogens with zero attached hydrogens (tertiary/aromatic N) is 2. The summed E-state index contributed by atoms with van der Waals surface area (Å²) in [6.45, 7) is 4.67. The molecule has 4 rings (SSSR count). The van der Waals surface area contributed by atoms with Gasteiger partial charge in [-0.2, -0.15) is 0 Å². The molecule has 0 spiro atoms. The van der Waals surface area contributed by atoms with E-state index in [4.69, 9.17) is 9.47 Å². The summed E-state index contributed by atoms with van der Waals surface area (Å²) in [4.78, 5) is 19.1. The van der Waals surface area contributed by atoms with Gasteiger partial charge in [0.2, 0.25) is 0 Å². The molecule has 0 bridgehead atoms. The Morgan fingerprint density at radius 3 is 2.59 bits per heavy atom. The predicted octanol–water partition coefficient (Wildman–Crippen LogP) is 4.81. The zero-order valence-corrected chi connectivity index (χ0v) is 16.3. The predicted molar refractivity (Wildman–Crippen MR) is 115 cm³/mol. The quantitative estimate of drug-likeness (QED) is 0.571. The lowest BCUT2D eigenvalue weighted by Crippen LogP contribution is -2.29. The fourth-order valence-corrected chi connectivity index (χ4v) is 3.55. The van der Waals surface area contributed by atoms with E-state index >= 15 is 0 Å². The second-order valence-corrected chi connectivity index (χ2v) is 6.79. The van der Waals surface area contributed by atoms with E-state index in [-0.39, 0.29) is 5.91 Å². The van der Waals surface area contributed by atoms with Crippen LogP contribution in [-0.2, 0) is 13.0 Å². The maximum Gasteiger partial charge on any atom is 0.260 e. The van der Waals surface area contributed by atoms with E-state index in [1.165, 1.54) is 5.56 Å². The summed E-state index contributed by atoms with van der Waals surface area (Å²) in [7, 11) is 1.56. The van der Waals surface area contributed by atoms with Gasteiger partial charge in [-0.05, 0) is 36.4 Å². The molecule has 146 valence electrons. The summed E-state index contributed by atoms with van der Waals surface area (Å²) in [6, 6.07) is 21.2. The van der Waals surface area contributed by atoms with Gasteiger partial charge in [-0.1, -0.05) is 48.5 Å². The molecule has 1 amide bonds. The molecular weight excluding hydrogens is 364 g/mol. The third-order valence-corrected chi connectivity index (χ3v) is 5.05. The van der Waals surface area contributed by atoms with Crippen molar-refractivity contribution in [2.75, 3.05) is 18.6 Å². The molecule has 5 nitrogen and oxygen atoms in total. The summed E-state index contributed by atoms with van der Waals surface area (Å²) >= 11 is 0. The number of amides is 1. The van der Waals surface area contributed by atoms with Gasteiger partial charge in [-0.25, -0.2) is 0 Å². The van der Waals surface area contributed by atoms with Crippen molar-refractivity contribution in [2.24, 2.45) is 4.99 Å². The highest BCUT2D eigenvalue weighted by Crippen LogP contribution is 2.38. The van der Waals surface area contributed by atoms with Gasteiger partial charge in [-0.3, -0.25) is 9.79 Å². The maximum atomic E-state index is 13.3. The first kappa shape index (κ1) is 18.7. The average Bonchev–Trinajstić information content (AvgIpc) is 3.21. The van der Waals surface area contributed by atoms with Crippen LogP contribution >= 0.6 is 0 Å². The Bertz CT molecular complexity index is 1050. The first-order chi connectivity index (χ1) is 14.2. The zero-order valence-electron chi connectivity index (χ0n) is 16.3. The number of methoxy groups -OCH3 is 1. The molecule has 3 aromatic rings. The van der Waals surface area contributed by atoms with Crippen molar-refractivity contribution in [1.82, 2.24) is 0 Å². The molecule has 0 radical (unpaired) electrons. The van der Waals surface area contributed by atoms with Crippen LogP contribution in [0.1, 0.15) is 21.5 Å². The topological polar surface area (TPSA) is 51.1 Å². The second-order valence-electron chi connectivity index (χ2n) is 6.79. The lowest BCUT2D eigenvalue weighted by atomic mass is 10.1. The lowest BCUT2D eigenvalue weighted by Gasteiger charge is -2.20. The van der Waals surface area contributed by atoms with Gasteiger partial charge in [0, 0.05) is 18.3 Å². The van der Waals surface area contributed by atoms with Crippen LogP contribution in [0, 0.1) is 0 Å². The Balaban J connectivity index is 1.64. The SMILES string of the molecule is C=Nc1cc(OCc2ccccc2)c(OC)cc1C(=O)N1CCc2ccccc21. The first-order valence-electron chi connectivity index (χ1n) is 9.46. The molecule has 0 atom stereocenters. The van der Waals surface area contributed by atoms with Crippen molar-refractivity contribution in [3.05, 3.63) is 83.4 Å². The summed E-state index contributed by atoms with van der Waals surface area (Å²) in [5.41, 5.74) is 4.07. The smallest absolute Gasteiger partial charge is 0.260 e. The Morgan fingerprint density at radius 1 is 1.07 bits per heavy atom. The van der Waals surface area contributed by atoms with Crippen molar-refractivity contribution in [2.45, 2.75) is 13.0 Å². The van der Waals surface area contributed by atoms with Gasteiger partial charge in [0.25, 0.3) is 5.91 Å². The molecule has 0 aromatic heterocycles. The second kappa shape index (κ2) is 8.19. The third kappa shape index (κ3) is 3.72. The minimum atomic E-state index is -0.120. The number of aliphatic imine (C=N–C) groups is 1. The number of fused-ring (bicyclic) bond motifs is 1. The van der Waals surface area contributed by atoms with E-state index in [0.717, 1.165) is 17.7 Å². The molecule has 1 aliphatic rings. The zero-order chi connectivity index (χ0) is 20.2. The lowest BCUT2D eigenvalue weighted by molar-refractivity contribution is 0.0989. The van der Waals surface area contributed by atoms with Crippen molar-refractivity contribution in [3.63, 3.8) is 0 Å². The number of rotatable bonds is 6.